The minimum atomic E-state index is -0.362. The molecule has 4 heteroatoms. The lowest BCUT2D eigenvalue weighted by atomic mass is 10.0. The van der Waals surface area contributed by atoms with Crippen LogP contribution in [0.15, 0.2) is 18.2 Å². The topological polar surface area (TPSA) is 44.5 Å². The van der Waals surface area contributed by atoms with Crippen LogP contribution >= 0.6 is 0 Å². The van der Waals surface area contributed by atoms with Crippen LogP contribution < -0.4 is 10.5 Å². The van der Waals surface area contributed by atoms with E-state index in [-0.39, 0.29) is 17.6 Å². The lowest BCUT2D eigenvalue weighted by Crippen LogP contribution is -2.13. The Labute approximate surface area is 102 Å². The summed E-state index contributed by atoms with van der Waals surface area (Å²) in [6.07, 6.45) is 1.52. The van der Waals surface area contributed by atoms with Gasteiger partial charge in [0.2, 0.25) is 0 Å². The minimum Gasteiger partial charge on any atom is -0.494 e. The highest BCUT2D eigenvalue weighted by Crippen LogP contribution is 2.25. The molecular weight excluding hydrogens is 221 g/mol. The summed E-state index contributed by atoms with van der Waals surface area (Å²) in [6.45, 7) is 3.31. The third-order valence-electron chi connectivity index (χ3n) is 2.62. The summed E-state index contributed by atoms with van der Waals surface area (Å²) in [6, 6.07) is 4.72. The molecule has 17 heavy (non-hydrogen) atoms. The molecule has 1 aromatic rings. The van der Waals surface area contributed by atoms with Gasteiger partial charge in [-0.3, -0.25) is 0 Å². The van der Waals surface area contributed by atoms with Gasteiger partial charge in [-0.15, -0.1) is 0 Å². The van der Waals surface area contributed by atoms with Crippen molar-refractivity contribution in [3.8, 4) is 5.75 Å². The number of benzene rings is 1. The minimum absolute atomic E-state index is 0.239. The van der Waals surface area contributed by atoms with Gasteiger partial charge in [-0.25, -0.2) is 4.39 Å². The van der Waals surface area contributed by atoms with E-state index in [9.17, 15) is 4.39 Å². The summed E-state index contributed by atoms with van der Waals surface area (Å²) in [4.78, 5) is 0. The van der Waals surface area contributed by atoms with E-state index in [0.717, 1.165) is 6.42 Å². The Morgan fingerprint density at radius 1 is 1.41 bits per heavy atom. The largest absolute Gasteiger partial charge is 0.494 e. The smallest absolute Gasteiger partial charge is 0.169 e. The van der Waals surface area contributed by atoms with Crippen molar-refractivity contribution in [1.29, 1.82) is 0 Å². The molecule has 0 fully saturated rings. The van der Waals surface area contributed by atoms with Crippen molar-refractivity contribution in [3.63, 3.8) is 0 Å². The summed E-state index contributed by atoms with van der Waals surface area (Å²) < 4.78 is 24.0. The van der Waals surface area contributed by atoms with Gasteiger partial charge >= 0.3 is 0 Å². The van der Waals surface area contributed by atoms with Crippen molar-refractivity contribution in [3.05, 3.63) is 29.6 Å². The average Bonchev–Trinajstić information content (AvgIpc) is 2.34. The molecule has 0 saturated carbocycles. The SMILES string of the molecule is CCOCCCC(N)c1cccc(OC)c1F. The zero-order chi connectivity index (χ0) is 12.7. The molecule has 0 radical (unpaired) electrons. The fraction of sp³-hybridized carbons (Fsp3) is 0.538. The number of hydrogen-bond acceptors (Lipinski definition) is 3. The van der Waals surface area contributed by atoms with E-state index in [1.165, 1.54) is 7.11 Å². The lowest BCUT2D eigenvalue weighted by Gasteiger charge is -2.14. The van der Waals surface area contributed by atoms with Crippen molar-refractivity contribution in [1.82, 2.24) is 0 Å². The third kappa shape index (κ3) is 3.98. The van der Waals surface area contributed by atoms with Crippen LogP contribution in [0.3, 0.4) is 0 Å². The molecule has 0 amide bonds. The summed E-state index contributed by atoms with van der Waals surface area (Å²) in [5.41, 5.74) is 6.45. The van der Waals surface area contributed by atoms with Crippen molar-refractivity contribution in [2.45, 2.75) is 25.8 Å². The van der Waals surface area contributed by atoms with E-state index < -0.39 is 0 Å². The molecule has 0 bridgehead atoms. The highest BCUT2D eigenvalue weighted by molar-refractivity contribution is 5.32. The van der Waals surface area contributed by atoms with Crippen LogP contribution in [0.25, 0.3) is 0 Å². The Kier molecular flexibility index (Phi) is 5.94. The molecule has 1 atom stereocenters. The zero-order valence-electron chi connectivity index (χ0n) is 10.4. The van der Waals surface area contributed by atoms with Crippen LogP contribution in [0.5, 0.6) is 5.75 Å². The Hall–Kier alpha value is -1.13. The van der Waals surface area contributed by atoms with Gasteiger partial charge in [0.1, 0.15) is 0 Å². The van der Waals surface area contributed by atoms with Crippen molar-refractivity contribution in [2.75, 3.05) is 20.3 Å². The molecule has 3 nitrogen and oxygen atoms in total. The summed E-state index contributed by atoms with van der Waals surface area (Å²) >= 11 is 0. The van der Waals surface area contributed by atoms with E-state index in [1.54, 1.807) is 18.2 Å². The Morgan fingerprint density at radius 2 is 2.18 bits per heavy atom. The number of nitrogens with two attached hydrogens (primary N) is 1. The van der Waals surface area contributed by atoms with Crippen LogP contribution in [-0.2, 0) is 4.74 Å². The number of hydrogen-bond donors (Lipinski definition) is 1. The van der Waals surface area contributed by atoms with Crippen molar-refractivity contribution >= 4 is 0 Å². The summed E-state index contributed by atoms with van der Waals surface area (Å²) in [5.74, 6) is -0.123. The molecule has 1 rings (SSSR count). The first-order valence-corrected chi connectivity index (χ1v) is 5.86. The van der Waals surface area contributed by atoms with E-state index >= 15 is 0 Å². The number of rotatable bonds is 7. The highest BCUT2D eigenvalue weighted by atomic mass is 19.1. The number of ether oxygens (including phenoxy) is 2. The average molecular weight is 241 g/mol. The number of halogens is 1. The Bertz CT molecular complexity index is 344. The molecule has 96 valence electrons. The number of methoxy groups -OCH3 is 1. The summed E-state index contributed by atoms with van der Waals surface area (Å²) in [5, 5.41) is 0. The normalized spacial score (nSPS) is 12.5. The predicted molar refractivity (Wildman–Crippen MR) is 65.6 cm³/mol. The van der Waals surface area contributed by atoms with Gasteiger partial charge in [-0.2, -0.15) is 0 Å². The standard InChI is InChI=1S/C13H20FNO2/c1-3-17-9-5-7-11(15)10-6-4-8-12(16-2)13(10)14/h4,6,8,11H,3,5,7,9,15H2,1-2H3. The van der Waals surface area contributed by atoms with Crippen LogP contribution in [0.2, 0.25) is 0 Å². The molecule has 0 aliphatic heterocycles. The molecule has 0 aliphatic carbocycles. The fourth-order valence-electron chi connectivity index (χ4n) is 1.68. The Balaban J connectivity index is 2.59. The van der Waals surface area contributed by atoms with Gasteiger partial charge < -0.3 is 15.2 Å². The lowest BCUT2D eigenvalue weighted by molar-refractivity contribution is 0.142. The second-order valence-electron chi connectivity index (χ2n) is 3.81. The maximum Gasteiger partial charge on any atom is 0.169 e. The van der Waals surface area contributed by atoms with E-state index in [1.807, 2.05) is 6.92 Å². The van der Waals surface area contributed by atoms with Crippen LogP contribution in [0.4, 0.5) is 4.39 Å². The summed E-state index contributed by atoms with van der Waals surface area (Å²) in [7, 11) is 1.45. The molecule has 0 aromatic heterocycles. The van der Waals surface area contributed by atoms with Crippen LogP contribution in [0, 0.1) is 5.82 Å². The van der Waals surface area contributed by atoms with Gasteiger partial charge in [-0.1, -0.05) is 12.1 Å². The van der Waals surface area contributed by atoms with Gasteiger partial charge in [-0.05, 0) is 25.8 Å². The molecule has 1 unspecified atom stereocenters. The maximum atomic E-state index is 13.9. The maximum absolute atomic E-state index is 13.9. The molecular formula is C13H20FNO2. The van der Waals surface area contributed by atoms with Crippen molar-refractivity contribution < 1.29 is 13.9 Å². The predicted octanol–water partition coefficient (Wildman–Crippen LogP) is 2.65. The first kappa shape index (κ1) is 13.9. The quantitative estimate of drug-likeness (QED) is 0.746. The second kappa shape index (κ2) is 7.25. The highest BCUT2D eigenvalue weighted by Gasteiger charge is 2.14. The molecule has 1 aromatic carbocycles. The van der Waals surface area contributed by atoms with Crippen LogP contribution in [-0.4, -0.2) is 20.3 Å². The molecule has 0 aliphatic rings. The van der Waals surface area contributed by atoms with Crippen molar-refractivity contribution in [2.24, 2.45) is 5.73 Å². The molecule has 0 heterocycles. The first-order valence-electron chi connectivity index (χ1n) is 5.86. The molecule has 2 N–H and O–H groups in total. The van der Waals surface area contributed by atoms with Gasteiger partial charge in [0.05, 0.1) is 7.11 Å². The monoisotopic (exact) mass is 241 g/mol. The van der Waals surface area contributed by atoms with Gasteiger partial charge in [0.25, 0.3) is 0 Å². The van der Waals surface area contributed by atoms with Gasteiger partial charge in [0.15, 0.2) is 11.6 Å². The first-order chi connectivity index (χ1) is 8.20. The molecule has 0 spiro atoms. The van der Waals surface area contributed by atoms with Crippen LogP contribution in [0.1, 0.15) is 31.4 Å². The van der Waals surface area contributed by atoms with E-state index in [4.69, 9.17) is 15.2 Å². The van der Waals surface area contributed by atoms with Gasteiger partial charge in [0, 0.05) is 24.8 Å². The van der Waals surface area contributed by atoms with E-state index in [2.05, 4.69) is 0 Å². The second-order valence-corrected chi connectivity index (χ2v) is 3.81. The third-order valence-corrected chi connectivity index (χ3v) is 2.62. The Morgan fingerprint density at radius 3 is 2.82 bits per heavy atom. The zero-order valence-corrected chi connectivity index (χ0v) is 10.4. The fourth-order valence-corrected chi connectivity index (χ4v) is 1.68. The molecule has 0 saturated heterocycles. The van der Waals surface area contributed by atoms with E-state index in [0.29, 0.717) is 25.2 Å².